The lowest BCUT2D eigenvalue weighted by molar-refractivity contribution is 0.594. The van der Waals surface area contributed by atoms with Gasteiger partial charge in [0.2, 0.25) is 0 Å². The van der Waals surface area contributed by atoms with Crippen molar-refractivity contribution < 1.29 is 4.57 Å². The Balaban J connectivity index is 2.96. The van der Waals surface area contributed by atoms with Crippen LogP contribution in [0.2, 0.25) is 0 Å². The lowest BCUT2D eigenvalue weighted by Gasteiger charge is -1.79. The fourth-order valence-corrected chi connectivity index (χ4v) is 0.433. The molecule has 0 aromatic carbocycles. The van der Waals surface area contributed by atoms with Crippen molar-refractivity contribution >= 4 is 17.7 Å². The van der Waals surface area contributed by atoms with E-state index < -0.39 is 0 Å². The lowest BCUT2D eigenvalue weighted by Crippen LogP contribution is -1.87. The monoisotopic (exact) mass is 123 g/mol. The minimum atomic E-state index is -0.139. The molecule has 0 radical (unpaired) electrons. The Morgan fingerprint density at radius 2 is 2.50 bits per heavy atom. The van der Waals surface area contributed by atoms with Crippen LogP contribution in [0.5, 0.6) is 0 Å². The van der Waals surface area contributed by atoms with Crippen LogP contribution in [0, 0.1) is 0 Å². The molecular formula is C3H9OP2+. The Morgan fingerprint density at radius 1 is 2.00 bits per heavy atom. The summed E-state index contributed by atoms with van der Waals surface area (Å²) in [5.41, 5.74) is 0.370. The summed E-state index contributed by atoms with van der Waals surface area (Å²) in [6.07, 6.45) is 0.946. The van der Waals surface area contributed by atoms with Crippen LogP contribution in [-0.4, -0.2) is 11.8 Å². The maximum absolute atomic E-state index is 9.88. The summed E-state index contributed by atoms with van der Waals surface area (Å²) in [6, 6.07) is 0. The molecule has 0 aliphatic heterocycles. The van der Waals surface area contributed by atoms with E-state index >= 15 is 0 Å². The third-order valence-corrected chi connectivity index (χ3v) is 2.37. The predicted octanol–water partition coefficient (Wildman–Crippen LogP) is 1.27. The van der Waals surface area contributed by atoms with Gasteiger partial charge >= 0.3 is 8.46 Å². The first-order chi connectivity index (χ1) is 2.81. The molecule has 1 nitrogen and oxygen atoms in total. The maximum Gasteiger partial charge on any atom is 0.328 e. The molecule has 3 heteroatoms. The van der Waals surface area contributed by atoms with Gasteiger partial charge in [0.15, 0.2) is 5.66 Å². The summed E-state index contributed by atoms with van der Waals surface area (Å²) < 4.78 is 9.88. The van der Waals surface area contributed by atoms with E-state index in [0.29, 0.717) is 5.66 Å². The summed E-state index contributed by atoms with van der Waals surface area (Å²) in [4.78, 5) is 0. The van der Waals surface area contributed by atoms with Gasteiger partial charge in [-0.25, -0.2) is 0 Å². The molecule has 0 rings (SSSR count). The smallest absolute Gasteiger partial charge is 0.133 e. The summed E-state index contributed by atoms with van der Waals surface area (Å²) in [7, 11) is 2.41. The lowest BCUT2D eigenvalue weighted by atomic mass is 10.6. The standard InChI is InChI=1S/C3H8OP2/c1-3(2-5)6-4/h3H,2,5H2,1H3/p+1. The van der Waals surface area contributed by atoms with Crippen LogP contribution in [0.4, 0.5) is 0 Å². The molecule has 0 aliphatic rings. The molecule has 0 amide bonds. The molecule has 36 valence electrons. The van der Waals surface area contributed by atoms with Crippen molar-refractivity contribution in [2.75, 3.05) is 6.16 Å². The molecule has 0 aromatic rings. The number of rotatable bonds is 2. The van der Waals surface area contributed by atoms with Crippen molar-refractivity contribution in [2.45, 2.75) is 12.6 Å². The van der Waals surface area contributed by atoms with Gasteiger partial charge in [-0.05, 0) is 6.92 Å². The second kappa shape index (κ2) is 3.71. The summed E-state index contributed by atoms with van der Waals surface area (Å²) in [6.45, 7) is 1.96. The van der Waals surface area contributed by atoms with Crippen LogP contribution in [0.1, 0.15) is 6.92 Å². The molecule has 0 N–H and O–H groups in total. The highest BCUT2D eigenvalue weighted by atomic mass is 31.1. The zero-order chi connectivity index (χ0) is 4.99. The third kappa shape index (κ3) is 2.75. The van der Waals surface area contributed by atoms with E-state index in [1.807, 2.05) is 6.92 Å². The van der Waals surface area contributed by atoms with Gasteiger partial charge in [-0.2, -0.15) is 0 Å². The molecular weight excluding hydrogens is 114 g/mol. The van der Waals surface area contributed by atoms with Crippen molar-refractivity contribution in [1.82, 2.24) is 0 Å². The third-order valence-electron chi connectivity index (χ3n) is 0.555. The minimum Gasteiger partial charge on any atom is -0.133 e. The summed E-state index contributed by atoms with van der Waals surface area (Å²) in [5, 5.41) is 0. The Kier molecular flexibility index (Phi) is 4.04. The van der Waals surface area contributed by atoms with E-state index in [1.54, 1.807) is 0 Å². The second-order valence-electron chi connectivity index (χ2n) is 1.25. The molecule has 0 bridgehead atoms. The van der Waals surface area contributed by atoms with Crippen LogP contribution >= 0.6 is 17.7 Å². The molecule has 3 atom stereocenters. The first kappa shape index (κ1) is 6.53. The van der Waals surface area contributed by atoms with Crippen molar-refractivity contribution in [3.8, 4) is 0 Å². The number of hydrogen-bond acceptors (Lipinski definition) is 1. The average molecular weight is 123 g/mol. The van der Waals surface area contributed by atoms with Gasteiger partial charge in [0.05, 0.1) is 0 Å². The quantitative estimate of drug-likeness (QED) is 0.505. The minimum absolute atomic E-state index is 0.139. The molecule has 0 saturated carbocycles. The SMILES string of the molecule is CC(CP)[PH+]=O. The van der Waals surface area contributed by atoms with Gasteiger partial charge in [0.1, 0.15) is 0 Å². The van der Waals surface area contributed by atoms with Crippen molar-refractivity contribution in [2.24, 2.45) is 0 Å². The maximum atomic E-state index is 9.88. The van der Waals surface area contributed by atoms with Gasteiger partial charge in [-0.1, -0.05) is 4.57 Å². The fourth-order valence-electron chi connectivity index (χ4n) is 0.0481. The van der Waals surface area contributed by atoms with Crippen molar-refractivity contribution in [3.63, 3.8) is 0 Å². The molecule has 0 spiro atoms. The average Bonchev–Trinajstić information content (AvgIpc) is 1.65. The predicted molar refractivity (Wildman–Crippen MR) is 33.0 cm³/mol. The molecule has 0 heterocycles. The molecule has 0 aromatic heterocycles. The first-order valence-corrected chi connectivity index (χ1v) is 3.69. The van der Waals surface area contributed by atoms with Gasteiger partial charge in [-0.15, -0.1) is 9.24 Å². The topological polar surface area (TPSA) is 17.1 Å². The van der Waals surface area contributed by atoms with Gasteiger partial charge in [-0.3, -0.25) is 0 Å². The summed E-state index contributed by atoms with van der Waals surface area (Å²) in [5.74, 6) is 0. The Bertz CT molecular complexity index is 46.1. The van der Waals surface area contributed by atoms with E-state index in [-0.39, 0.29) is 8.46 Å². The van der Waals surface area contributed by atoms with E-state index in [9.17, 15) is 4.57 Å². The van der Waals surface area contributed by atoms with Crippen molar-refractivity contribution in [3.05, 3.63) is 0 Å². The Labute approximate surface area is 41.9 Å². The van der Waals surface area contributed by atoms with Crippen LogP contribution in [-0.2, 0) is 4.57 Å². The highest BCUT2D eigenvalue weighted by molar-refractivity contribution is 7.27. The highest BCUT2D eigenvalue weighted by Crippen LogP contribution is 2.06. The molecule has 3 unspecified atom stereocenters. The highest BCUT2D eigenvalue weighted by Gasteiger charge is 2.00. The van der Waals surface area contributed by atoms with Gasteiger partial charge < -0.3 is 0 Å². The molecule has 0 fully saturated rings. The fraction of sp³-hybridized carbons (Fsp3) is 1.00. The van der Waals surface area contributed by atoms with Crippen LogP contribution < -0.4 is 0 Å². The van der Waals surface area contributed by atoms with Gasteiger partial charge in [0, 0.05) is 6.16 Å². The van der Waals surface area contributed by atoms with E-state index in [0.717, 1.165) is 6.16 Å². The Morgan fingerprint density at radius 3 is 2.50 bits per heavy atom. The zero-order valence-electron chi connectivity index (χ0n) is 3.77. The van der Waals surface area contributed by atoms with Gasteiger partial charge in [0.25, 0.3) is 0 Å². The first-order valence-electron chi connectivity index (χ1n) is 1.89. The van der Waals surface area contributed by atoms with Crippen LogP contribution in [0.25, 0.3) is 0 Å². The normalized spacial score (nSPS) is 15.0. The second-order valence-corrected chi connectivity index (χ2v) is 2.95. The number of hydrogen-bond donors (Lipinski definition) is 0. The van der Waals surface area contributed by atoms with Crippen LogP contribution in [0.3, 0.4) is 0 Å². The molecule has 0 aliphatic carbocycles. The van der Waals surface area contributed by atoms with E-state index in [1.165, 1.54) is 0 Å². The molecule has 6 heavy (non-hydrogen) atoms. The zero-order valence-corrected chi connectivity index (χ0v) is 5.92. The molecule has 0 saturated heterocycles. The Hall–Kier alpha value is 0.530. The van der Waals surface area contributed by atoms with Crippen molar-refractivity contribution in [1.29, 1.82) is 0 Å². The van der Waals surface area contributed by atoms with E-state index in [2.05, 4.69) is 9.24 Å². The summed E-state index contributed by atoms with van der Waals surface area (Å²) >= 11 is 0. The van der Waals surface area contributed by atoms with E-state index in [4.69, 9.17) is 0 Å². The van der Waals surface area contributed by atoms with Crippen LogP contribution in [0.15, 0.2) is 0 Å². The largest absolute Gasteiger partial charge is 0.328 e.